The van der Waals surface area contributed by atoms with Crippen molar-refractivity contribution in [2.24, 2.45) is 5.92 Å². The first-order valence-corrected chi connectivity index (χ1v) is 9.30. The van der Waals surface area contributed by atoms with Crippen LogP contribution in [0.1, 0.15) is 29.4 Å². The number of Topliss-reactive ketones (excluding diaryl/α,β-unsaturated/α-hetero) is 1. The van der Waals surface area contributed by atoms with Gasteiger partial charge in [0.05, 0.1) is 11.3 Å². The minimum atomic E-state index is 0.141. The molecular formula is C20H25N5O. The zero-order valence-corrected chi connectivity index (χ0v) is 15.4. The Morgan fingerprint density at radius 2 is 1.77 bits per heavy atom. The number of hydrogen-bond donors (Lipinski definition) is 1. The molecule has 0 bridgehead atoms. The second-order valence-electron chi connectivity index (χ2n) is 7.41. The Morgan fingerprint density at radius 1 is 1.04 bits per heavy atom. The van der Waals surface area contributed by atoms with Gasteiger partial charge in [-0.05, 0) is 31.5 Å². The van der Waals surface area contributed by atoms with E-state index in [1.165, 1.54) is 0 Å². The van der Waals surface area contributed by atoms with Gasteiger partial charge in [0.25, 0.3) is 0 Å². The van der Waals surface area contributed by atoms with Crippen LogP contribution in [0.25, 0.3) is 0 Å². The summed E-state index contributed by atoms with van der Waals surface area (Å²) in [5.41, 5.74) is 2.49. The second-order valence-corrected chi connectivity index (χ2v) is 7.41. The van der Waals surface area contributed by atoms with E-state index in [-0.39, 0.29) is 5.78 Å². The molecule has 1 unspecified atom stereocenters. The van der Waals surface area contributed by atoms with E-state index in [0.29, 0.717) is 23.7 Å². The summed E-state index contributed by atoms with van der Waals surface area (Å²) in [7, 11) is 2.13. The molecule has 0 spiro atoms. The number of nitrogens with one attached hydrogen (secondary N) is 1. The van der Waals surface area contributed by atoms with Crippen LogP contribution in [0.2, 0.25) is 0 Å². The number of piperazine rings is 1. The smallest absolute Gasteiger partial charge is 0.227 e. The van der Waals surface area contributed by atoms with Crippen molar-refractivity contribution in [3.8, 4) is 0 Å². The van der Waals surface area contributed by atoms with E-state index >= 15 is 0 Å². The van der Waals surface area contributed by atoms with Crippen LogP contribution in [-0.4, -0.2) is 53.9 Å². The number of hydrogen-bond acceptors (Lipinski definition) is 6. The summed E-state index contributed by atoms with van der Waals surface area (Å²) in [5.74, 6) is 1.85. The van der Waals surface area contributed by atoms with Gasteiger partial charge in [-0.3, -0.25) is 4.79 Å². The molecule has 1 saturated heterocycles. The molecule has 6 nitrogen and oxygen atoms in total. The molecule has 1 N–H and O–H groups in total. The average molecular weight is 351 g/mol. The highest BCUT2D eigenvalue weighted by atomic mass is 16.1. The predicted octanol–water partition coefficient (Wildman–Crippen LogP) is 2.74. The van der Waals surface area contributed by atoms with Crippen molar-refractivity contribution < 1.29 is 4.79 Å². The third kappa shape index (κ3) is 3.42. The quantitative estimate of drug-likeness (QED) is 0.917. The van der Waals surface area contributed by atoms with Crippen molar-refractivity contribution in [3.63, 3.8) is 0 Å². The Morgan fingerprint density at radius 3 is 2.50 bits per heavy atom. The standard InChI is InChI=1S/C20H25N5O/c1-14-12-16-18(17(26)13-14)19(21-15-6-4-3-5-7-15)23-20(22-16)25-10-8-24(2)9-11-25/h3-7,14H,8-13H2,1-2H3,(H,21,22,23). The normalized spacial score (nSPS) is 20.8. The number of likely N-dealkylation sites (N-methyl/N-ethyl adjacent to an activating group) is 1. The summed E-state index contributed by atoms with van der Waals surface area (Å²) in [6.45, 7) is 5.92. The molecule has 2 heterocycles. The minimum Gasteiger partial charge on any atom is -0.339 e. The number of aromatic nitrogens is 2. The summed E-state index contributed by atoms with van der Waals surface area (Å²) in [6, 6.07) is 9.89. The number of carbonyl (C=O) groups is 1. The molecule has 4 rings (SSSR count). The molecule has 0 radical (unpaired) electrons. The molecule has 6 heteroatoms. The molecule has 1 fully saturated rings. The highest BCUT2D eigenvalue weighted by Crippen LogP contribution is 2.32. The SMILES string of the molecule is CC1CC(=O)c2c(nc(N3CCN(C)CC3)nc2Nc2ccccc2)C1. The van der Waals surface area contributed by atoms with E-state index in [2.05, 4.69) is 29.1 Å². The van der Waals surface area contributed by atoms with Crippen LogP contribution in [0.15, 0.2) is 30.3 Å². The van der Waals surface area contributed by atoms with Gasteiger partial charge in [-0.25, -0.2) is 4.98 Å². The molecule has 1 aromatic heterocycles. The molecule has 1 aromatic carbocycles. The fourth-order valence-corrected chi connectivity index (χ4v) is 3.65. The topological polar surface area (TPSA) is 61.4 Å². The van der Waals surface area contributed by atoms with Gasteiger partial charge in [0.15, 0.2) is 5.78 Å². The molecule has 1 atom stereocenters. The van der Waals surface area contributed by atoms with Crippen molar-refractivity contribution in [2.45, 2.75) is 19.8 Å². The highest BCUT2D eigenvalue weighted by Gasteiger charge is 2.29. The largest absolute Gasteiger partial charge is 0.339 e. The van der Waals surface area contributed by atoms with Gasteiger partial charge in [0.1, 0.15) is 5.82 Å². The lowest BCUT2D eigenvalue weighted by Crippen LogP contribution is -2.45. The van der Waals surface area contributed by atoms with Gasteiger partial charge in [0.2, 0.25) is 5.95 Å². The molecule has 1 aliphatic carbocycles. The van der Waals surface area contributed by atoms with Crippen LogP contribution in [-0.2, 0) is 6.42 Å². The molecule has 26 heavy (non-hydrogen) atoms. The number of anilines is 3. The molecule has 0 amide bonds. The first-order valence-electron chi connectivity index (χ1n) is 9.30. The van der Waals surface area contributed by atoms with Crippen molar-refractivity contribution in [2.75, 3.05) is 43.4 Å². The fourth-order valence-electron chi connectivity index (χ4n) is 3.65. The van der Waals surface area contributed by atoms with Gasteiger partial charge in [0, 0.05) is 38.3 Å². The van der Waals surface area contributed by atoms with E-state index in [1.54, 1.807) is 0 Å². The number of ketones is 1. The minimum absolute atomic E-state index is 0.141. The highest BCUT2D eigenvalue weighted by molar-refractivity contribution is 6.03. The summed E-state index contributed by atoms with van der Waals surface area (Å²) in [4.78, 5) is 26.8. The number of para-hydroxylation sites is 1. The Hall–Kier alpha value is -2.47. The third-order valence-corrected chi connectivity index (χ3v) is 5.15. The summed E-state index contributed by atoms with van der Waals surface area (Å²) in [5, 5.41) is 3.36. The lowest BCUT2D eigenvalue weighted by Gasteiger charge is -2.33. The Labute approximate surface area is 154 Å². The lowest BCUT2D eigenvalue weighted by molar-refractivity contribution is 0.0952. The van der Waals surface area contributed by atoms with E-state index in [9.17, 15) is 4.79 Å². The number of nitrogens with zero attached hydrogens (tertiary/aromatic N) is 4. The summed E-state index contributed by atoms with van der Waals surface area (Å²) in [6.07, 6.45) is 1.39. The number of rotatable bonds is 3. The van der Waals surface area contributed by atoms with Crippen LogP contribution in [0.5, 0.6) is 0 Å². The van der Waals surface area contributed by atoms with E-state index < -0.39 is 0 Å². The van der Waals surface area contributed by atoms with Crippen molar-refractivity contribution in [1.29, 1.82) is 0 Å². The second kappa shape index (κ2) is 7.03. The molecule has 2 aliphatic rings. The fraction of sp³-hybridized carbons (Fsp3) is 0.450. The van der Waals surface area contributed by atoms with Crippen LogP contribution < -0.4 is 10.2 Å². The zero-order chi connectivity index (χ0) is 18.1. The van der Waals surface area contributed by atoms with E-state index in [4.69, 9.17) is 9.97 Å². The van der Waals surface area contributed by atoms with Gasteiger partial charge in [-0.1, -0.05) is 25.1 Å². The summed E-state index contributed by atoms with van der Waals surface area (Å²) < 4.78 is 0. The van der Waals surface area contributed by atoms with E-state index in [0.717, 1.165) is 49.9 Å². The Bertz CT molecular complexity index is 799. The summed E-state index contributed by atoms with van der Waals surface area (Å²) >= 11 is 0. The van der Waals surface area contributed by atoms with Crippen molar-refractivity contribution in [3.05, 3.63) is 41.6 Å². The third-order valence-electron chi connectivity index (χ3n) is 5.15. The molecule has 136 valence electrons. The lowest BCUT2D eigenvalue weighted by atomic mass is 9.87. The Balaban J connectivity index is 1.73. The van der Waals surface area contributed by atoms with Gasteiger partial charge >= 0.3 is 0 Å². The zero-order valence-electron chi connectivity index (χ0n) is 15.4. The van der Waals surface area contributed by atoms with Gasteiger partial charge in [-0.15, -0.1) is 0 Å². The maximum Gasteiger partial charge on any atom is 0.227 e. The molecule has 0 saturated carbocycles. The van der Waals surface area contributed by atoms with Crippen molar-refractivity contribution >= 4 is 23.2 Å². The average Bonchev–Trinajstić information content (AvgIpc) is 2.62. The molecular weight excluding hydrogens is 326 g/mol. The van der Waals surface area contributed by atoms with Crippen LogP contribution in [0.4, 0.5) is 17.5 Å². The Kier molecular flexibility index (Phi) is 4.59. The molecule has 1 aliphatic heterocycles. The monoisotopic (exact) mass is 351 g/mol. The first-order chi connectivity index (χ1) is 12.6. The van der Waals surface area contributed by atoms with Gasteiger partial charge in [-0.2, -0.15) is 4.98 Å². The van der Waals surface area contributed by atoms with E-state index in [1.807, 2.05) is 30.3 Å². The number of carbonyl (C=O) groups excluding carboxylic acids is 1. The van der Waals surface area contributed by atoms with Crippen LogP contribution >= 0.6 is 0 Å². The van der Waals surface area contributed by atoms with Gasteiger partial charge < -0.3 is 15.1 Å². The van der Waals surface area contributed by atoms with Crippen LogP contribution in [0, 0.1) is 5.92 Å². The number of fused-ring (bicyclic) bond motifs is 1. The van der Waals surface area contributed by atoms with Crippen LogP contribution in [0.3, 0.4) is 0 Å². The maximum atomic E-state index is 12.7. The van der Waals surface area contributed by atoms with Crippen molar-refractivity contribution in [1.82, 2.24) is 14.9 Å². The predicted molar refractivity (Wildman–Crippen MR) is 103 cm³/mol. The first kappa shape index (κ1) is 17.0. The maximum absolute atomic E-state index is 12.7. The number of benzene rings is 1. The molecule has 2 aromatic rings.